The number of nitro benzene ring substituents is 1. The third-order valence-electron chi connectivity index (χ3n) is 3.19. The third-order valence-corrected chi connectivity index (χ3v) is 3.81. The quantitative estimate of drug-likeness (QED) is 0.344. The molecule has 2 rings (SSSR count). The van der Waals surface area contributed by atoms with Gasteiger partial charge in [0.05, 0.1) is 9.40 Å². The van der Waals surface area contributed by atoms with Crippen LogP contribution in [0.1, 0.15) is 11.1 Å². The van der Waals surface area contributed by atoms with Crippen molar-refractivity contribution in [3.05, 3.63) is 73.8 Å². The second-order valence-electron chi connectivity index (χ2n) is 4.94. The van der Waals surface area contributed by atoms with E-state index in [2.05, 4.69) is 15.9 Å². The number of rotatable bonds is 6. The van der Waals surface area contributed by atoms with Crippen molar-refractivity contribution in [2.45, 2.75) is 6.61 Å². The maximum Gasteiger partial charge on any atom is 0.269 e. The molecule has 0 saturated heterocycles. The minimum atomic E-state index is -0.794. The summed E-state index contributed by atoms with van der Waals surface area (Å²) < 4.78 is 6.29. The van der Waals surface area contributed by atoms with Gasteiger partial charge in [-0.05, 0) is 57.4 Å². The van der Waals surface area contributed by atoms with Gasteiger partial charge < -0.3 is 10.5 Å². The molecule has 0 spiro atoms. The lowest BCUT2D eigenvalue weighted by Crippen LogP contribution is -2.12. The van der Waals surface area contributed by atoms with Gasteiger partial charge in [0.15, 0.2) is 0 Å². The minimum absolute atomic E-state index is 0.0174. The van der Waals surface area contributed by atoms with Gasteiger partial charge in [-0.1, -0.05) is 6.07 Å². The summed E-state index contributed by atoms with van der Waals surface area (Å²) in [6, 6.07) is 12.8. The Balaban J connectivity index is 2.10. The topological polar surface area (TPSA) is 119 Å². The van der Waals surface area contributed by atoms with Crippen LogP contribution >= 0.6 is 15.9 Å². The molecule has 0 fully saturated rings. The number of benzene rings is 2. The molecule has 0 aliphatic rings. The first kappa shape index (κ1) is 18.2. The molecule has 0 unspecified atom stereocenters. The Hall–Kier alpha value is -3.18. The van der Waals surface area contributed by atoms with Crippen molar-refractivity contribution >= 4 is 33.6 Å². The fourth-order valence-electron chi connectivity index (χ4n) is 1.92. The number of carbonyl (C=O) groups excluding carboxylic acids is 1. The number of halogens is 1. The number of nitrogens with zero attached hydrogens (tertiary/aromatic N) is 2. The molecule has 0 bridgehead atoms. The van der Waals surface area contributed by atoms with E-state index in [-0.39, 0.29) is 17.9 Å². The number of nitrogens with two attached hydrogens (primary N) is 1. The van der Waals surface area contributed by atoms with Gasteiger partial charge >= 0.3 is 0 Å². The Bertz CT molecular complexity index is 886. The molecule has 7 nitrogen and oxygen atoms in total. The van der Waals surface area contributed by atoms with Crippen molar-refractivity contribution < 1.29 is 14.5 Å². The number of nitro groups is 1. The molecule has 0 aromatic heterocycles. The predicted molar refractivity (Wildman–Crippen MR) is 94.4 cm³/mol. The first-order chi connectivity index (χ1) is 11.9. The van der Waals surface area contributed by atoms with E-state index in [9.17, 15) is 14.9 Å². The van der Waals surface area contributed by atoms with E-state index in [1.807, 2.05) is 0 Å². The van der Waals surface area contributed by atoms with Gasteiger partial charge in [0.2, 0.25) is 0 Å². The summed E-state index contributed by atoms with van der Waals surface area (Å²) in [5.41, 5.74) is 6.36. The summed E-state index contributed by atoms with van der Waals surface area (Å²) in [5, 5.41) is 19.5. The summed E-state index contributed by atoms with van der Waals surface area (Å²) >= 11 is 3.36. The fraction of sp³-hybridized carbons (Fsp3) is 0.0588. The second-order valence-corrected chi connectivity index (χ2v) is 5.79. The minimum Gasteiger partial charge on any atom is -0.488 e. The predicted octanol–water partition coefficient (Wildman–Crippen LogP) is 3.33. The molecule has 0 aliphatic heterocycles. The van der Waals surface area contributed by atoms with E-state index in [1.165, 1.54) is 18.2 Å². The van der Waals surface area contributed by atoms with E-state index >= 15 is 0 Å². The zero-order valence-electron chi connectivity index (χ0n) is 12.8. The standard InChI is InChI=1S/C17H12BrN3O4/c18-15-8-12(7-13(9-19)17(20)22)3-6-16(15)25-10-11-1-4-14(5-2-11)21(23)24/h1-8H,10H2,(H2,20,22)/b13-7+. The van der Waals surface area contributed by atoms with E-state index in [1.54, 1.807) is 36.4 Å². The third kappa shape index (κ3) is 4.89. The van der Waals surface area contributed by atoms with Crippen LogP contribution in [0.15, 0.2) is 52.5 Å². The molecular formula is C17H12BrN3O4. The van der Waals surface area contributed by atoms with Gasteiger partial charge in [-0.2, -0.15) is 5.26 Å². The number of amides is 1. The first-order valence-corrected chi connectivity index (χ1v) is 7.77. The summed E-state index contributed by atoms with van der Waals surface area (Å²) in [6.45, 7) is 0.233. The molecular weight excluding hydrogens is 390 g/mol. The zero-order chi connectivity index (χ0) is 18.4. The molecule has 2 aromatic carbocycles. The van der Waals surface area contributed by atoms with Crippen molar-refractivity contribution in [3.63, 3.8) is 0 Å². The van der Waals surface area contributed by atoms with Crippen molar-refractivity contribution in [1.29, 1.82) is 5.26 Å². The molecule has 2 aromatic rings. The van der Waals surface area contributed by atoms with Gasteiger partial charge in [-0.25, -0.2) is 0 Å². The van der Waals surface area contributed by atoms with Crippen molar-refractivity contribution in [1.82, 2.24) is 0 Å². The van der Waals surface area contributed by atoms with Crippen LogP contribution in [0.4, 0.5) is 5.69 Å². The van der Waals surface area contributed by atoms with Gasteiger partial charge in [-0.3, -0.25) is 14.9 Å². The summed E-state index contributed by atoms with van der Waals surface area (Å²) in [6.07, 6.45) is 1.38. The molecule has 25 heavy (non-hydrogen) atoms. The molecule has 0 saturated carbocycles. The van der Waals surface area contributed by atoms with Gasteiger partial charge in [0, 0.05) is 12.1 Å². The average Bonchev–Trinajstić information content (AvgIpc) is 2.59. The molecule has 1 amide bonds. The summed E-state index contributed by atoms with van der Waals surface area (Å²) in [7, 11) is 0. The van der Waals surface area contributed by atoms with Crippen LogP contribution in [-0.2, 0) is 11.4 Å². The first-order valence-electron chi connectivity index (χ1n) is 6.98. The van der Waals surface area contributed by atoms with Gasteiger partial charge in [0.1, 0.15) is 24.0 Å². The lowest BCUT2D eigenvalue weighted by Gasteiger charge is -2.09. The number of ether oxygens (including phenoxy) is 1. The van der Waals surface area contributed by atoms with Crippen molar-refractivity contribution in [3.8, 4) is 11.8 Å². The van der Waals surface area contributed by atoms with Crippen molar-refractivity contribution in [2.75, 3.05) is 0 Å². The van der Waals surface area contributed by atoms with Crippen LogP contribution in [0, 0.1) is 21.4 Å². The Morgan fingerprint density at radius 2 is 2.00 bits per heavy atom. The number of hydrogen-bond donors (Lipinski definition) is 1. The molecule has 2 N–H and O–H groups in total. The van der Waals surface area contributed by atoms with Crippen LogP contribution in [0.5, 0.6) is 5.75 Å². The molecule has 0 radical (unpaired) electrons. The summed E-state index contributed by atoms with van der Waals surface area (Å²) in [5.74, 6) is -0.245. The highest BCUT2D eigenvalue weighted by molar-refractivity contribution is 9.10. The number of primary amides is 1. The zero-order valence-corrected chi connectivity index (χ0v) is 14.4. The van der Waals surface area contributed by atoms with Crippen LogP contribution in [0.3, 0.4) is 0 Å². The Morgan fingerprint density at radius 3 is 2.52 bits per heavy atom. The average molecular weight is 402 g/mol. The normalized spacial score (nSPS) is 10.8. The van der Waals surface area contributed by atoms with E-state index in [0.29, 0.717) is 15.8 Å². The molecule has 8 heteroatoms. The lowest BCUT2D eigenvalue weighted by atomic mass is 10.1. The molecule has 126 valence electrons. The highest BCUT2D eigenvalue weighted by Crippen LogP contribution is 2.28. The molecule has 0 aliphatic carbocycles. The van der Waals surface area contributed by atoms with Crippen LogP contribution in [-0.4, -0.2) is 10.8 Å². The van der Waals surface area contributed by atoms with Crippen LogP contribution in [0.25, 0.3) is 6.08 Å². The van der Waals surface area contributed by atoms with Gasteiger partial charge in [-0.15, -0.1) is 0 Å². The van der Waals surface area contributed by atoms with Crippen molar-refractivity contribution in [2.24, 2.45) is 5.73 Å². The SMILES string of the molecule is N#C/C(=C\c1ccc(OCc2ccc([N+](=O)[O-])cc2)c(Br)c1)C(N)=O. The Morgan fingerprint density at radius 1 is 1.32 bits per heavy atom. The van der Waals surface area contributed by atoms with Crippen LogP contribution in [0.2, 0.25) is 0 Å². The second kappa shape index (κ2) is 8.08. The van der Waals surface area contributed by atoms with Gasteiger partial charge in [0.25, 0.3) is 11.6 Å². The Labute approximate surface area is 151 Å². The number of hydrogen-bond acceptors (Lipinski definition) is 5. The Kier molecular flexibility index (Phi) is 5.87. The maximum atomic E-state index is 11.1. The number of non-ortho nitro benzene ring substituents is 1. The summed E-state index contributed by atoms with van der Waals surface area (Å²) in [4.78, 5) is 21.2. The van der Waals surface area contributed by atoms with E-state index < -0.39 is 10.8 Å². The number of carbonyl (C=O) groups is 1. The van der Waals surface area contributed by atoms with E-state index in [4.69, 9.17) is 15.7 Å². The van der Waals surface area contributed by atoms with E-state index in [0.717, 1.165) is 5.56 Å². The maximum absolute atomic E-state index is 11.1. The monoisotopic (exact) mass is 401 g/mol. The highest BCUT2D eigenvalue weighted by atomic mass is 79.9. The number of nitriles is 1. The van der Waals surface area contributed by atoms with Crippen LogP contribution < -0.4 is 10.5 Å². The smallest absolute Gasteiger partial charge is 0.269 e. The lowest BCUT2D eigenvalue weighted by molar-refractivity contribution is -0.384. The molecule has 0 heterocycles. The largest absolute Gasteiger partial charge is 0.488 e. The fourth-order valence-corrected chi connectivity index (χ4v) is 2.44. The highest BCUT2D eigenvalue weighted by Gasteiger charge is 2.07. The molecule has 0 atom stereocenters.